The normalized spacial score (nSPS) is 10.3. The SMILES string of the molecule is Nc1ccc(Oc2ccc(-c3ccc(Oc4ccc(N)c(O)c4)cc3)cc2)cc1O.c1ccc(-c2ccccc2)cc1. The van der Waals surface area contributed by atoms with Crippen molar-refractivity contribution >= 4 is 11.4 Å². The molecule has 6 heteroatoms. The summed E-state index contributed by atoms with van der Waals surface area (Å²) >= 11 is 0. The van der Waals surface area contributed by atoms with E-state index in [0.29, 0.717) is 34.4 Å². The van der Waals surface area contributed by atoms with E-state index >= 15 is 0 Å². The minimum atomic E-state index is -0.0133. The number of aromatic hydroxyl groups is 2. The van der Waals surface area contributed by atoms with Gasteiger partial charge in [-0.2, -0.15) is 0 Å². The fourth-order valence-corrected chi connectivity index (χ4v) is 4.14. The van der Waals surface area contributed by atoms with Gasteiger partial charge in [0.15, 0.2) is 0 Å². The van der Waals surface area contributed by atoms with Crippen LogP contribution >= 0.6 is 0 Å². The van der Waals surface area contributed by atoms with Crippen LogP contribution in [0.3, 0.4) is 0 Å². The zero-order chi connectivity index (χ0) is 29.3. The minimum Gasteiger partial charge on any atom is -0.506 e. The lowest BCUT2D eigenvalue weighted by atomic mass is 10.1. The van der Waals surface area contributed by atoms with Gasteiger partial charge in [0.05, 0.1) is 11.4 Å². The summed E-state index contributed by atoms with van der Waals surface area (Å²) in [6, 6.07) is 45.5. The molecular weight excluding hydrogens is 524 g/mol. The second-order valence-electron chi connectivity index (χ2n) is 9.43. The number of nitrogen functional groups attached to an aromatic ring is 2. The summed E-state index contributed by atoms with van der Waals surface area (Å²) in [6.07, 6.45) is 0. The molecule has 0 heterocycles. The van der Waals surface area contributed by atoms with Gasteiger partial charge in [0.2, 0.25) is 0 Å². The molecule has 0 saturated heterocycles. The number of phenolic OH excluding ortho intramolecular Hbond substituents is 2. The molecule has 0 radical (unpaired) electrons. The first-order chi connectivity index (χ1) is 20.4. The lowest BCUT2D eigenvalue weighted by Crippen LogP contribution is -1.89. The van der Waals surface area contributed by atoms with E-state index in [1.54, 1.807) is 24.3 Å². The molecule has 0 bridgehead atoms. The highest BCUT2D eigenvalue weighted by Gasteiger charge is 2.05. The Hall–Kier alpha value is -5.88. The first-order valence-electron chi connectivity index (χ1n) is 13.3. The molecule has 0 aliphatic carbocycles. The van der Waals surface area contributed by atoms with Crippen LogP contribution in [0.1, 0.15) is 0 Å². The van der Waals surface area contributed by atoms with E-state index in [-0.39, 0.29) is 11.5 Å². The zero-order valence-corrected chi connectivity index (χ0v) is 22.7. The number of rotatable bonds is 6. The molecule has 0 amide bonds. The second kappa shape index (κ2) is 13.0. The number of hydrogen-bond donors (Lipinski definition) is 4. The highest BCUT2D eigenvalue weighted by molar-refractivity contribution is 5.66. The van der Waals surface area contributed by atoms with Crippen LogP contribution < -0.4 is 20.9 Å². The first kappa shape index (κ1) is 27.7. The molecule has 6 aromatic rings. The molecule has 6 nitrogen and oxygen atoms in total. The van der Waals surface area contributed by atoms with E-state index in [4.69, 9.17) is 20.9 Å². The quantitative estimate of drug-likeness (QED) is 0.121. The van der Waals surface area contributed by atoms with E-state index in [9.17, 15) is 10.2 Å². The molecule has 0 atom stereocenters. The summed E-state index contributed by atoms with van der Waals surface area (Å²) in [5, 5.41) is 19.4. The smallest absolute Gasteiger partial charge is 0.142 e. The van der Waals surface area contributed by atoms with Crippen molar-refractivity contribution in [3.05, 3.63) is 146 Å². The minimum absolute atomic E-state index is 0.0133. The Morgan fingerprint density at radius 3 is 1.00 bits per heavy atom. The molecule has 6 N–H and O–H groups in total. The topological polar surface area (TPSA) is 111 Å². The lowest BCUT2D eigenvalue weighted by Gasteiger charge is -2.10. The molecule has 0 spiro atoms. The largest absolute Gasteiger partial charge is 0.506 e. The van der Waals surface area contributed by atoms with Gasteiger partial charge in [-0.25, -0.2) is 0 Å². The van der Waals surface area contributed by atoms with E-state index < -0.39 is 0 Å². The highest BCUT2D eigenvalue weighted by atomic mass is 16.5. The monoisotopic (exact) mass is 554 g/mol. The molecule has 0 unspecified atom stereocenters. The molecule has 6 aromatic carbocycles. The average molecular weight is 555 g/mol. The number of anilines is 2. The van der Waals surface area contributed by atoms with Crippen molar-refractivity contribution in [1.82, 2.24) is 0 Å². The van der Waals surface area contributed by atoms with Crippen molar-refractivity contribution in [3.8, 4) is 56.8 Å². The summed E-state index contributed by atoms with van der Waals surface area (Å²) in [6.45, 7) is 0. The Kier molecular flexibility index (Phi) is 8.56. The van der Waals surface area contributed by atoms with Crippen LogP contribution in [0.25, 0.3) is 22.3 Å². The molecule has 42 heavy (non-hydrogen) atoms. The van der Waals surface area contributed by atoms with Gasteiger partial charge in [0, 0.05) is 12.1 Å². The van der Waals surface area contributed by atoms with Crippen LogP contribution in [0, 0.1) is 0 Å². The van der Waals surface area contributed by atoms with Crippen LogP contribution in [0.5, 0.6) is 34.5 Å². The Morgan fingerprint density at radius 1 is 0.357 bits per heavy atom. The molecule has 6 rings (SSSR count). The van der Waals surface area contributed by atoms with Crippen molar-refractivity contribution in [2.45, 2.75) is 0 Å². The second-order valence-corrected chi connectivity index (χ2v) is 9.43. The first-order valence-corrected chi connectivity index (χ1v) is 13.3. The van der Waals surface area contributed by atoms with E-state index in [2.05, 4.69) is 48.5 Å². The van der Waals surface area contributed by atoms with Gasteiger partial charge < -0.3 is 31.2 Å². The summed E-state index contributed by atoms with van der Waals surface area (Å²) < 4.78 is 11.5. The van der Waals surface area contributed by atoms with Gasteiger partial charge in [0.1, 0.15) is 34.5 Å². The molecular formula is C36H30N2O4. The van der Waals surface area contributed by atoms with E-state index in [1.807, 2.05) is 60.7 Å². The van der Waals surface area contributed by atoms with Gasteiger partial charge in [0.25, 0.3) is 0 Å². The maximum atomic E-state index is 9.68. The predicted octanol–water partition coefficient (Wildman–Crippen LogP) is 8.87. The molecule has 0 aliphatic rings. The number of hydrogen-bond acceptors (Lipinski definition) is 6. The van der Waals surface area contributed by atoms with Gasteiger partial charge in [-0.1, -0.05) is 84.9 Å². The van der Waals surface area contributed by atoms with Gasteiger partial charge >= 0.3 is 0 Å². The fraction of sp³-hybridized carbons (Fsp3) is 0. The molecule has 0 fully saturated rings. The Labute approximate surface area is 244 Å². The Morgan fingerprint density at radius 2 is 0.667 bits per heavy atom. The maximum absolute atomic E-state index is 9.68. The molecule has 0 saturated carbocycles. The van der Waals surface area contributed by atoms with E-state index in [0.717, 1.165) is 11.1 Å². The number of phenols is 2. The summed E-state index contributed by atoms with van der Waals surface area (Å²) in [7, 11) is 0. The van der Waals surface area contributed by atoms with Crippen molar-refractivity contribution in [1.29, 1.82) is 0 Å². The van der Waals surface area contributed by atoms with Crippen molar-refractivity contribution < 1.29 is 19.7 Å². The Bertz CT molecular complexity index is 1610. The van der Waals surface area contributed by atoms with Crippen LogP contribution in [-0.4, -0.2) is 10.2 Å². The summed E-state index contributed by atoms with van der Waals surface area (Å²) in [5.74, 6) is 2.27. The number of nitrogens with two attached hydrogens (primary N) is 2. The molecule has 0 aromatic heterocycles. The number of benzene rings is 6. The van der Waals surface area contributed by atoms with Crippen LogP contribution in [0.15, 0.2) is 146 Å². The molecule has 208 valence electrons. The Balaban J connectivity index is 0.000000244. The standard InChI is InChI=1S/C24H20N2O4.C12H10/c25-21-11-9-19(13-23(21)27)29-17-5-1-15(2-6-17)16-3-7-18(8-4-16)30-20-10-12-22(26)24(28)14-20;1-3-7-11(8-4-1)12-9-5-2-6-10-12/h1-14,27-28H,25-26H2;1-10H. The van der Waals surface area contributed by atoms with Gasteiger partial charge in [-0.05, 0) is 70.8 Å². The van der Waals surface area contributed by atoms with Crippen molar-refractivity contribution in [2.75, 3.05) is 11.5 Å². The third kappa shape index (κ3) is 7.20. The van der Waals surface area contributed by atoms with Crippen LogP contribution in [-0.2, 0) is 0 Å². The van der Waals surface area contributed by atoms with Gasteiger partial charge in [-0.15, -0.1) is 0 Å². The van der Waals surface area contributed by atoms with Crippen LogP contribution in [0.2, 0.25) is 0 Å². The van der Waals surface area contributed by atoms with Crippen molar-refractivity contribution in [3.63, 3.8) is 0 Å². The predicted molar refractivity (Wildman–Crippen MR) is 169 cm³/mol. The molecule has 0 aliphatic heterocycles. The van der Waals surface area contributed by atoms with E-state index in [1.165, 1.54) is 23.3 Å². The lowest BCUT2D eigenvalue weighted by molar-refractivity contribution is 0.456. The zero-order valence-electron chi connectivity index (χ0n) is 22.7. The maximum Gasteiger partial charge on any atom is 0.142 e. The highest BCUT2D eigenvalue weighted by Crippen LogP contribution is 2.32. The van der Waals surface area contributed by atoms with Crippen LogP contribution in [0.4, 0.5) is 11.4 Å². The number of ether oxygens (including phenoxy) is 2. The third-order valence-corrected chi connectivity index (χ3v) is 6.40. The summed E-state index contributed by atoms with van der Waals surface area (Å²) in [4.78, 5) is 0. The fourth-order valence-electron chi connectivity index (χ4n) is 4.14. The van der Waals surface area contributed by atoms with Gasteiger partial charge in [-0.3, -0.25) is 0 Å². The van der Waals surface area contributed by atoms with Crippen molar-refractivity contribution in [2.24, 2.45) is 0 Å². The average Bonchev–Trinajstić information content (AvgIpc) is 3.03. The summed E-state index contributed by atoms with van der Waals surface area (Å²) in [5.41, 5.74) is 16.4. The third-order valence-electron chi connectivity index (χ3n) is 6.40.